The minimum atomic E-state index is -0.116. The highest BCUT2D eigenvalue weighted by Gasteiger charge is 2.84. The molecule has 80 valence electrons. The molecule has 0 aromatic rings. The van der Waals surface area contributed by atoms with E-state index in [0.29, 0.717) is 0 Å². The molecule has 0 unspecified atom stereocenters. The van der Waals surface area contributed by atoms with E-state index in [2.05, 4.69) is 33.0 Å². The van der Waals surface area contributed by atoms with E-state index >= 15 is 0 Å². The molecule has 1 heterocycles. The highest BCUT2D eigenvalue weighted by atomic mass is 16.5. The average molecular weight is 197 g/mol. The lowest BCUT2D eigenvalue weighted by atomic mass is 9.79. The van der Waals surface area contributed by atoms with E-state index in [1.165, 1.54) is 7.11 Å². The second-order valence-corrected chi connectivity index (χ2v) is 5.56. The van der Waals surface area contributed by atoms with Crippen LogP contribution >= 0.6 is 0 Å². The fourth-order valence-electron chi connectivity index (χ4n) is 3.45. The van der Waals surface area contributed by atoms with Gasteiger partial charge in [-0.2, -0.15) is 0 Å². The Hall–Kier alpha value is -0.570. The average Bonchev–Trinajstić information content (AvgIpc) is 2.38. The number of hydrogen-bond acceptors (Lipinski definition) is 3. The third kappa shape index (κ3) is 0.691. The van der Waals surface area contributed by atoms with E-state index in [9.17, 15) is 4.79 Å². The quantitative estimate of drug-likeness (QED) is 0.642. The molecule has 1 saturated carbocycles. The number of rotatable bonds is 1. The molecular formula is C11H19NO2. The first kappa shape index (κ1) is 9.97. The SMILES string of the molecule is COC(=O)[C@H]1NCC12C(C)(C)C2(C)C. The number of nitrogens with one attached hydrogen (secondary N) is 1. The number of carbonyl (C=O) groups excluding carboxylic acids is 1. The monoisotopic (exact) mass is 197 g/mol. The minimum absolute atomic E-state index is 0.0995. The van der Waals surface area contributed by atoms with Gasteiger partial charge in [-0.3, -0.25) is 4.79 Å². The Morgan fingerprint density at radius 2 is 1.79 bits per heavy atom. The van der Waals surface area contributed by atoms with Gasteiger partial charge in [0.25, 0.3) is 0 Å². The predicted octanol–water partition coefficient (Wildman–Crippen LogP) is 1.18. The van der Waals surface area contributed by atoms with Crippen LogP contribution in [0.1, 0.15) is 27.7 Å². The molecule has 0 radical (unpaired) electrons. The Balaban J connectivity index is 2.26. The Kier molecular flexibility index (Phi) is 1.65. The normalized spacial score (nSPS) is 34.8. The standard InChI is InChI=1S/C11H19NO2/c1-9(2)10(3,4)11(9)6-12-7(11)8(13)14-5/h7,12H,6H2,1-5H3/t7-/m1/s1. The molecule has 3 heteroatoms. The fourth-order valence-corrected chi connectivity index (χ4v) is 3.45. The van der Waals surface area contributed by atoms with Crippen molar-refractivity contribution in [3.8, 4) is 0 Å². The molecule has 0 amide bonds. The van der Waals surface area contributed by atoms with Crippen LogP contribution in [0.5, 0.6) is 0 Å². The molecule has 1 aliphatic heterocycles. The zero-order valence-electron chi connectivity index (χ0n) is 9.60. The third-order valence-corrected chi connectivity index (χ3v) is 5.25. The van der Waals surface area contributed by atoms with E-state index < -0.39 is 0 Å². The summed E-state index contributed by atoms with van der Waals surface area (Å²) in [7, 11) is 1.46. The van der Waals surface area contributed by atoms with E-state index in [0.717, 1.165) is 6.54 Å². The summed E-state index contributed by atoms with van der Waals surface area (Å²) < 4.78 is 4.81. The molecule has 1 atom stereocenters. The van der Waals surface area contributed by atoms with Crippen molar-refractivity contribution in [2.75, 3.05) is 13.7 Å². The van der Waals surface area contributed by atoms with Gasteiger partial charge in [-0.25, -0.2) is 0 Å². The lowest BCUT2D eigenvalue weighted by molar-refractivity contribution is -0.149. The minimum Gasteiger partial charge on any atom is -0.468 e. The second-order valence-electron chi connectivity index (χ2n) is 5.56. The molecule has 2 fully saturated rings. The van der Waals surface area contributed by atoms with Gasteiger partial charge in [0.05, 0.1) is 7.11 Å². The van der Waals surface area contributed by atoms with Crippen LogP contribution in [0.4, 0.5) is 0 Å². The van der Waals surface area contributed by atoms with Crippen LogP contribution < -0.4 is 5.32 Å². The first-order chi connectivity index (χ1) is 6.33. The summed E-state index contributed by atoms with van der Waals surface area (Å²) in [5.41, 5.74) is 0.571. The third-order valence-electron chi connectivity index (χ3n) is 5.25. The molecule has 1 spiro atoms. The van der Waals surface area contributed by atoms with Crippen molar-refractivity contribution in [3.63, 3.8) is 0 Å². The van der Waals surface area contributed by atoms with E-state index in [1.807, 2.05) is 0 Å². The molecule has 0 aromatic carbocycles. The van der Waals surface area contributed by atoms with Gasteiger partial charge in [0.15, 0.2) is 0 Å². The summed E-state index contributed by atoms with van der Waals surface area (Å²) in [6.45, 7) is 9.90. The smallest absolute Gasteiger partial charge is 0.323 e. The van der Waals surface area contributed by atoms with Crippen molar-refractivity contribution in [2.24, 2.45) is 16.2 Å². The zero-order valence-corrected chi connectivity index (χ0v) is 9.60. The number of hydrogen-bond donors (Lipinski definition) is 1. The Morgan fingerprint density at radius 3 is 2.00 bits per heavy atom. The molecule has 3 nitrogen and oxygen atoms in total. The molecule has 0 aromatic heterocycles. The number of carbonyl (C=O) groups is 1. The van der Waals surface area contributed by atoms with Crippen molar-refractivity contribution in [2.45, 2.75) is 33.7 Å². The Morgan fingerprint density at radius 1 is 1.29 bits per heavy atom. The first-order valence-corrected chi connectivity index (χ1v) is 5.14. The van der Waals surface area contributed by atoms with Crippen LogP contribution in [0.2, 0.25) is 0 Å². The molecule has 1 saturated heterocycles. The Labute approximate surface area is 85.2 Å². The van der Waals surface area contributed by atoms with Crippen molar-refractivity contribution < 1.29 is 9.53 Å². The van der Waals surface area contributed by atoms with Gasteiger partial charge in [0.1, 0.15) is 6.04 Å². The highest BCUT2D eigenvalue weighted by molar-refractivity contribution is 5.80. The topological polar surface area (TPSA) is 38.3 Å². The van der Waals surface area contributed by atoms with E-state index in [4.69, 9.17) is 4.74 Å². The Bertz CT molecular complexity index is 280. The van der Waals surface area contributed by atoms with Gasteiger partial charge in [0, 0.05) is 12.0 Å². The predicted molar refractivity (Wildman–Crippen MR) is 53.8 cm³/mol. The van der Waals surface area contributed by atoms with Crippen LogP contribution in [-0.2, 0) is 9.53 Å². The van der Waals surface area contributed by atoms with Gasteiger partial charge in [-0.15, -0.1) is 0 Å². The number of methoxy groups -OCH3 is 1. The molecule has 1 aliphatic carbocycles. The summed E-state index contributed by atoms with van der Waals surface area (Å²) in [5.74, 6) is -0.116. The first-order valence-electron chi connectivity index (χ1n) is 5.14. The summed E-state index contributed by atoms with van der Waals surface area (Å²) in [6, 6.07) is -0.0995. The van der Waals surface area contributed by atoms with Crippen LogP contribution in [0.25, 0.3) is 0 Å². The fraction of sp³-hybridized carbons (Fsp3) is 0.909. The molecule has 0 bridgehead atoms. The molecular weight excluding hydrogens is 178 g/mol. The second kappa shape index (κ2) is 2.32. The number of esters is 1. The number of ether oxygens (including phenoxy) is 1. The summed E-state index contributed by atoms with van der Waals surface area (Å²) >= 11 is 0. The van der Waals surface area contributed by atoms with Gasteiger partial charge >= 0.3 is 5.97 Å². The maximum atomic E-state index is 11.5. The largest absolute Gasteiger partial charge is 0.468 e. The van der Waals surface area contributed by atoms with Crippen LogP contribution in [0.15, 0.2) is 0 Å². The molecule has 2 rings (SSSR count). The van der Waals surface area contributed by atoms with Gasteiger partial charge in [0.2, 0.25) is 0 Å². The lowest BCUT2D eigenvalue weighted by Crippen LogP contribution is -2.62. The van der Waals surface area contributed by atoms with Crippen LogP contribution in [0.3, 0.4) is 0 Å². The van der Waals surface area contributed by atoms with Crippen LogP contribution in [-0.4, -0.2) is 25.7 Å². The molecule has 2 aliphatic rings. The van der Waals surface area contributed by atoms with Gasteiger partial charge in [-0.1, -0.05) is 27.7 Å². The van der Waals surface area contributed by atoms with E-state index in [1.54, 1.807) is 0 Å². The van der Waals surface area contributed by atoms with E-state index in [-0.39, 0.29) is 28.3 Å². The maximum absolute atomic E-state index is 11.5. The molecule has 1 N–H and O–H groups in total. The molecule has 14 heavy (non-hydrogen) atoms. The highest BCUT2D eigenvalue weighted by Crippen LogP contribution is 2.81. The summed E-state index contributed by atoms with van der Waals surface area (Å²) in [5, 5.41) is 3.19. The zero-order chi connectivity index (χ0) is 10.8. The van der Waals surface area contributed by atoms with Crippen molar-refractivity contribution in [3.05, 3.63) is 0 Å². The van der Waals surface area contributed by atoms with Crippen molar-refractivity contribution >= 4 is 5.97 Å². The van der Waals surface area contributed by atoms with Crippen molar-refractivity contribution in [1.29, 1.82) is 0 Å². The van der Waals surface area contributed by atoms with Crippen LogP contribution in [0, 0.1) is 16.2 Å². The lowest BCUT2D eigenvalue weighted by Gasteiger charge is -2.40. The summed E-state index contributed by atoms with van der Waals surface area (Å²) in [4.78, 5) is 11.5. The van der Waals surface area contributed by atoms with Gasteiger partial charge < -0.3 is 10.1 Å². The summed E-state index contributed by atoms with van der Waals surface area (Å²) in [6.07, 6.45) is 0. The van der Waals surface area contributed by atoms with Crippen molar-refractivity contribution in [1.82, 2.24) is 5.32 Å². The van der Waals surface area contributed by atoms with Gasteiger partial charge in [-0.05, 0) is 10.8 Å². The maximum Gasteiger partial charge on any atom is 0.323 e.